The zero-order valence-corrected chi connectivity index (χ0v) is 11.9. The molecule has 0 radical (unpaired) electrons. The van der Waals surface area contributed by atoms with Crippen LogP contribution in [0.3, 0.4) is 0 Å². The van der Waals surface area contributed by atoms with Crippen molar-refractivity contribution in [2.75, 3.05) is 30.9 Å². The number of benzene rings is 1. The largest absolute Gasteiger partial charge is 0.397 e. The van der Waals surface area contributed by atoms with E-state index in [1.54, 1.807) is 13.2 Å². The lowest BCUT2D eigenvalue weighted by Crippen LogP contribution is -2.34. The van der Waals surface area contributed by atoms with Crippen LogP contribution in [0.5, 0.6) is 0 Å². The maximum absolute atomic E-state index is 13.5. The van der Waals surface area contributed by atoms with Crippen molar-refractivity contribution in [3.8, 4) is 0 Å². The Labute approximate surface area is 110 Å². The van der Waals surface area contributed by atoms with Crippen LogP contribution in [0.2, 0.25) is 0 Å². The van der Waals surface area contributed by atoms with Gasteiger partial charge in [0.25, 0.3) is 0 Å². The van der Waals surface area contributed by atoms with Crippen LogP contribution in [0.25, 0.3) is 0 Å². The van der Waals surface area contributed by atoms with Gasteiger partial charge < -0.3 is 15.4 Å². The summed E-state index contributed by atoms with van der Waals surface area (Å²) >= 11 is 3.12. The maximum atomic E-state index is 13.5. The first-order valence-corrected chi connectivity index (χ1v) is 6.26. The fourth-order valence-corrected chi connectivity index (χ4v) is 2.01. The van der Waals surface area contributed by atoms with E-state index < -0.39 is 0 Å². The Hall–Kier alpha value is -0.810. The highest BCUT2D eigenvalue weighted by Crippen LogP contribution is 2.30. The van der Waals surface area contributed by atoms with Crippen molar-refractivity contribution < 1.29 is 9.13 Å². The molecule has 5 heteroatoms. The topological polar surface area (TPSA) is 38.5 Å². The van der Waals surface area contributed by atoms with Crippen molar-refractivity contribution in [1.29, 1.82) is 0 Å². The van der Waals surface area contributed by atoms with E-state index in [0.29, 0.717) is 29.0 Å². The minimum absolute atomic E-state index is 0.230. The summed E-state index contributed by atoms with van der Waals surface area (Å²) in [6.07, 6.45) is 0. The van der Waals surface area contributed by atoms with Crippen molar-refractivity contribution in [1.82, 2.24) is 0 Å². The standard InChI is InChI=1S/C12H18BrFN2O/c1-8(2)16(4-5-17-3)12-7-10(14)9(13)6-11(12)15/h6-8H,4-5,15H2,1-3H3. The third-order valence-corrected chi connectivity index (χ3v) is 3.15. The number of nitrogen functional groups attached to an aromatic ring is 1. The molecule has 0 amide bonds. The molecule has 0 fully saturated rings. The van der Waals surface area contributed by atoms with Crippen molar-refractivity contribution in [3.05, 3.63) is 22.4 Å². The molecule has 0 spiro atoms. The molecule has 0 heterocycles. The molecule has 3 nitrogen and oxygen atoms in total. The fourth-order valence-electron chi connectivity index (χ4n) is 1.65. The van der Waals surface area contributed by atoms with Gasteiger partial charge in [0, 0.05) is 25.8 Å². The molecule has 17 heavy (non-hydrogen) atoms. The number of methoxy groups -OCH3 is 1. The third-order valence-electron chi connectivity index (χ3n) is 2.54. The predicted molar refractivity (Wildman–Crippen MR) is 72.9 cm³/mol. The van der Waals surface area contributed by atoms with Gasteiger partial charge in [0.15, 0.2) is 0 Å². The lowest BCUT2D eigenvalue weighted by Gasteiger charge is -2.30. The second-order valence-electron chi connectivity index (χ2n) is 4.11. The predicted octanol–water partition coefficient (Wildman–Crippen LogP) is 3.03. The van der Waals surface area contributed by atoms with Crippen LogP contribution in [0, 0.1) is 5.82 Å². The molecule has 0 aliphatic heterocycles. The minimum atomic E-state index is -0.308. The van der Waals surface area contributed by atoms with E-state index in [0.717, 1.165) is 0 Å². The highest BCUT2D eigenvalue weighted by Gasteiger charge is 2.15. The molecule has 0 saturated heterocycles. The Bertz CT molecular complexity index is 385. The highest BCUT2D eigenvalue weighted by molar-refractivity contribution is 9.10. The van der Waals surface area contributed by atoms with Crippen LogP contribution in [0.4, 0.5) is 15.8 Å². The first kappa shape index (κ1) is 14.3. The molecule has 0 aliphatic carbocycles. The Morgan fingerprint density at radius 1 is 1.47 bits per heavy atom. The zero-order chi connectivity index (χ0) is 13.0. The van der Waals surface area contributed by atoms with E-state index in [2.05, 4.69) is 15.9 Å². The van der Waals surface area contributed by atoms with E-state index in [1.165, 1.54) is 6.07 Å². The number of rotatable bonds is 5. The summed E-state index contributed by atoms with van der Waals surface area (Å²) in [6.45, 7) is 5.33. The van der Waals surface area contributed by atoms with Gasteiger partial charge in [-0.05, 0) is 35.8 Å². The zero-order valence-electron chi connectivity index (χ0n) is 10.3. The molecule has 1 rings (SSSR count). The lowest BCUT2D eigenvalue weighted by molar-refractivity contribution is 0.204. The number of anilines is 2. The highest BCUT2D eigenvalue weighted by atomic mass is 79.9. The number of hydrogen-bond donors (Lipinski definition) is 1. The van der Waals surface area contributed by atoms with Crippen molar-refractivity contribution >= 4 is 27.3 Å². The smallest absolute Gasteiger partial charge is 0.139 e. The second-order valence-corrected chi connectivity index (χ2v) is 4.96. The first-order chi connectivity index (χ1) is 7.97. The Balaban J connectivity index is 3.05. The quantitative estimate of drug-likeness (QED) is 0.850. The molecular weight excluding hydrogens is 287 g/mol. The van der Waals surface area contributed by atoms with Crippen LogP contribution in [-0.2, 0) is 4.74 Å². The molecule has 1 aromatic rings. The van der Waals surface area contributed by atoms with Gasteiger partial charge in [-0.25, -0.2) is 4.39 Å². The van der Waals surface area contributed by atoms with E-state index in [9.17, 15) is 4.39 Å². The van der Waals surface area contributed by atoms with Crippen LogP contribution < -0.4 is 10.6 Å². The van der Waals surface area contributed by atoms with Gasteiger partial charge in [-0.2, -0.15) is 0 Å². The summed E-state index contributed by atoms with van der Waals surface area (Å²) in [7, 11) is 1.64. The van der Waals surface area contributed by atoms with E-state index in [4.69, 9.17) is 10.5 Å². The van der Waals surface area contributed by atoms with Crippen LogP contribution >= 0.6 is 15.9 Å². The summed E-state index contributed by atoms with van der Waals surface area (Å²) in [5.41, 5.74) is 7.19. The normalized spacial score (nSPS) is 10.9. The summed E-state index contributed by atoms with van der Waals surface area (Å²) in [5.74, 6) is -0.308. The molecule has 2 N–H and O–H groups in total. The van der Waals surface area contributed by atoms with E-state index in [-0.39, 0.29) is 11.9 Å². The van der Waals surface area contributed by atoms with Crippen LogP contribution in [0.1, 0.15) is 13.8 Å². The Morgan fingerprint density at radius 3 is 2.65 bits per heavy atom. The molecule has 0 aliphatic rings. The third kappa shape index (κ3) is 3.57. The fraction of sp³-hybridized carbons (Fsp3) is 0.500. The Kier molecular flexibility index (Phi) is 5.21. The lowest BCUT2D eigenvalue weighted by atomic mass is 10.2. The second kappa shape index (κ2) is 6.21. The maximum Gasteiger partial charge on any atom is 0.139 e. The van der Waals surface area contributed by atoms with Gasteiger partial charge in [-0.1, -0.05) is 0 Å². The molecule has 0 unspecified atom stereocenters. The Morgan fingerprint density at radius 2 is 2.12 bits per heavy atom. The van der Waals surface area contributed by atoms with Gasteiger partial charge in [0.1, 0.15) is 5.82 Å². The molecule has 0 aromatic heterocycles. The molecule has 0 atom stereocenters. The molecular formula is C12H18BrFN2O. The average Bonchev–Trinajstić information content (AvgIpc) is 2.25. The number of hydrogen-bond acceptors (Lipinski definition) is 3. The molecule has 0 bridgehead atoms. The van der Waals surface area contributed by atoms with Crippen molar-refractivity contribution in [2.45, 2.75) is 19.9 Å². The summed E-state index contributed by atoms with van der Waals surface area (Å²) in [6, 6.07) is 3.27. The number of halogens is 2. The van der Waals surface area contributed by atoms with Gasteiger partial charge in [-0.3, -0.25) is 0 Å². The number of nitrogens with two attached hydrogens (primary N) is 1. The first-order valence-electron chi connectivity index (χ1n) is 5.47. The number of ether oxygens (including phenoxy) is 1. The van der Waals surface area contributed by atoms with E-state index >= 15 is 0 Å². The summed E-state index contributed by atoms with van der Waals surface area (Å²) in [5, 5.41) is 0. The van der Waals surface area contributed by atoms with Crippen molar-refractivity contribution in [3.63, 3.8) is 0 Å². The summed E-state index contributed by atoms with van der Waals surface area (Å²) in [4.78, 5) is 2.02. The average molecular weight is 305 g/mol. The van der Waals surface area contributed by atoms with Crippen LogP contribution in [-0.4, -0.2) is 26.3 Å². The van der Waals surface area contributed by atoms with Crippen molar-refractivity contribution in [2.24, 2.45) is 0 Å². The SMILES string of the molecule is COCCN(c1cc(F)c(Br)cc1N)C(C)C. The minimum Gasteiger partial charge on any atom is -0.397 e. The number of nitrogens with zero attached hydrogens (tertiary/aromatic N) is 1. The van der Waals surface area contributed by atoms with Crippen LogP contribution in [0.15, 0.2) is 16.6 Å². The molecule has 96 valence electrons. The molecule has 0 saturated carbocycles. The van der Waals surface area contributed by atoms with Gasteiger partial charge >= 0.3 is 0 Å². The van der Waals surface area contributed by atoms with Gasteiger partial charge in [-0.15, -0.1) is 0 Å². The van der Waals surface area contributed by atoms with Gasteiger partial charge in [0.05, 0.1) is 22.5 Å². The molecule has 1 aromatic carbocycles. The monoisotopic (exact) mass is 304 g/mol. The summed E-state index contributed by atoms with van der Waals surface area (Å²) < 4.78 is 19.0. The van der Waals surface area contributed by atoms with E-state index in [1.807, 2.05) is 18.7 Å². The van der Waals surface area contributed by atoms with Gasteiger partial charge in [0.2, 0.25) is 0 Å².